The molecule has 0 spiro atoms. The quantitative estimate of drug-likeness (QED) is 0.0211. The average molecular weight is 1260 g/mol. The van der Waals surface area contributed by atoms with E-state index >= 15 is 0 Å². The number of hydrogen-bond donors (Lipinski definition) is 1. The van der Waals surface area contributed by atoms with E-state index in [9.17, 15) is 19.5 Å². The maximum Gasteiger partial charge on any atom is 0.361 e. The number of carboxylic acids is 1. The summed E-state index contributed by atoms with van der Waals surface area (Å²) >= 11 is 0. The Morgan fingerprint density at radius 2 is 0.593 bits per heavy atom. The van der Waals surface area contributed by atoms with E-state index in [1.165, 1.54) is 128 Å². The number of carbonyl (C=O) groups excluding carboxylic acids is 2. The molecule has 0 saturated heterocycles. The number of likely N-dealkylation sites (N-methyl/N-ethyl adjacent to an activating group) is 1. The first kappa shape index (κ1) is 85.9. The van der Waals surface area contributed by atoms with Gasteiger partial charge in [0, 0.05) is 12.8 Å². The predicted molar refractivity (Wildman–Crippen MR) is 391 cm³/mol. The number of nitrogens with zero attached hydrogens (tertiary/aromatic N) is 1. The standard InChI is InChI=1S/C82H135NO8/c1-6-8-10-12-14-16-18-20-22-24-26-28-30-32-34-36-37-38-39-40-41-42-43-45-47-49-51-53-55-57-59-61-63-65-67-69-71-73-80(85)91-78(77-90-82(81(86)87)88-75-74-83(3,4)5)76-89-79(84)72-70-68-66-64-62-60-58-56-54-52-50-48-46-44-35-33-31-29-27-25-23-21-19-17-15-13-11-9-7-2/h8-11,14-17,20-23,26-29,32-35,37-38,40-41,43,45,78,82H,6-7,12-13,18-19,24-25,30-31,36,39,42,44,46-77H2,1-5H3/p+1/b10-8-,11-9-,16-14-,17-15-,22-20-,23-21-,28-26-,29-27-,34-32-,35-33-,38-37-,41-40-,45-43-. The smallest absolute Gasteiger partial charge is 0.361 e. The number of rotatable bonds is 66. The normalized spacial score (nSPS) is 13.6. The molecule has 0 rings (SSSR count). The van der Waals surface area contributed by atoms with Gasteiger partial charge in [0.1, 0.15) is 13.2 Å². The molecular weight excluding hydrogens is 1130 g/mol. The summed E-state index contributed by atoms with van der Waals surface area (Å²) in [5.74, 6) is -2.01. The SMILES string of the molecule is CC/C=C\C/C=C\C/C=C\C/C=C\C/C=C\C/C=C\C/C=C\C/C=C\CCCCCCCCCCCCCCC(=O)OC(COC(=O)CCCCCCCCCCCCCCC/C=C\C/C=C\C/C=C\C/C=C\C/C=C\CC)COC(OCC[N+](C)(C)C)C(=O)O. The molecular formula is C82H136NO8+. The van der Waals surface area contributed by atoms with Gasteiger partial charge in [0.2, 0.25) is 0 Å². The summed E-state index contributed by atoms with van der Waals surface area (Å²) in [7, 11) is 5.97. The number of aliphatic carboxylic acids is 1. The van der Waals surface area contributed by atoms with E-state index < -0.39 is 24.3 Å². The lowest BCUT2D eigenvalue weighted by Crippen LogP contribution is -2.40. The fraction of sp³-hybridized carbons (Fsp3) is 0.646. The number of allylic oxidation sites excluding steroid dienone is 26. The van der Waals surface area contributed by atoms with Crippen LogP contribution < -0.4 is 0 Å². The molecule has 0 aliphatic rings. The van der Waals surface area contributed by atoms with Crippen molar-refractivity contribution in [3.63, 3.8) is 0 Å². The van der Waals surface area contributed by atoms with Gasteiger partial charge in [-0.05, 0) is 122 Å². The monoisotopic (exact) mass is 1260 g/mol. The van der Waals surface area contributed by atoms with Gasteiger partial charge in [0.25, 0.3) is 6.29 Å². The first-order chi connectivity index (χ1) is 44.6. The van der Waals surface area contributed by atoms with E-state index in [1.807, 2.05) is 21.1 Å². The molecule has 0 radical (unpaired) electrons. The Labute approximate surface area is 559 Å². The number of ether oxygens (including phenoxy) is 4. The van der Waals surface area contributed by atoms with Gasteiger partial charge in [-0.1, -0.05) is 307 Å². The lowest BCUT2D eigenvalue weighted by atomic mass is 10.0. The minimum atomic E-state index is -1.52. The highest BCUT2D eigenvalue weighted by Gasteiger charge is 2.25. The second-order valence-electron chi connectivity index (χ2n) is 25.1. The van der Waals surface area contributed by atoms with Crippen LogP contribution in [0.1, 0.15) is 284 Å². The topological polar surface area (TPSA) is 108 Å². The molecule has 9 heteroatoms. The first-order valence-electron chi connectivity index (χ1n) is 36.6. The summed E-state index contributed by atoms with van der Waals surface area (Å²) in [5.41, 5.74) is 0. The molecule has 0 heterocycles. The zero-order valence-corrected chi connectivity index (χ0v) is 58.9. The summed E-state index contributed by atoms with van der Waals surface area (Å²) in [5, 5.41) is 9.76. The van der Waals surface area contributed by atoms with Crippen LogP contribution in [0.4, 0.5) is 0 Å². The Morgan fingerprint density at radius 1 is 0.330 bits per heavy atom. The van der Waals surface area contributed by atoms with Crippen molar-refractivity contribution < 1.29 is 42.9 Å². The third kappa shape index (κ3) is 72.2. The van der Waals surface area contributed by atoms with Gasteiger partial charge in [0.15, 0.2) is 6.10 Å². The summed E-state index contributed by atoms with van der Waals surface area (Å²) in [6, 6.07) is 0. The second-order valence-corrected chi connectivity index (χ2v) is 25.1. The van der Waals surface area contributed by atoms with E-state index in [4.69, 9.17) is 18.9 Å². The van der Waals surface area contributed by atoms with Crippen molar-refractivity contribution in [3.8, 4) is 0 Å². The summed E-state index contributed by atoms with van der Waals surface area (Å²) in [6.45, 7) is 4.65. The van der Waals surface area contributed by atoms with Gasteiger partial charge in [0.05, 0.1) is 34.4 Å². The highest BCUT2D eigenvalue weighted by Crippen LogP contribution is 2.17. The van der Waals surface area contributed by atoms with Crippen molar-refractivity contribution >= 4 is 17.9 Å². The van der Waals surface area contributed by atoms with Crippen molar-refractivity contribution in [2.75, 3.05) is 47.5 Å². The molecule has 0 aliphatic heterocycles. The van der Waals surface area contributed by atoms with Crippen molar-refractivity contribution in [2.45, 2.75) is 296 Å². The van der Waals surface area contributed by atoms with Gasteiger partial charge in [-0.25, -0.2) is 4.79 Å². The van der Waals surface area contributed by atoms with Crippen molar-refractivity contribution in [3.05, 3.63) is 158 Å². The lowest BCUT2D eigenvalue weighted by molar-refractivity contribution is -0.870. The van der Waals surface area contributed by atoms with Crippen LogP contribution in [0, 0.1) is 0 Å². The van der Waals surface area contributed by atoms with E-state index in [-0.39, 0.29) is 32.2 Å². The van der Waals surface area contributed by atoms with Gasteiger partial charge < -0.3 is 28.5 Å². The van der Waals surface area contributed by atoms with Crippen molar-refractivity contribution in [2.24, 2.45) is 0 Å². The highest BCUT2D eigenvalue weighted by molar-refractivity contribution is 5.71. The largest absolute Gasteiger partial charge is 0.477 e. The maximum atomic E-state index is 13.0. The van der Waals surface area contributed by atoms with Gasteiger partial charge in [-0.15, -0.1) is 0 Å². The molecule has 516 valence electrons. The Hall–Kier alpha value is -5.09. The fourth-order valence-electron chi connectivity index (χ4n) is 9.76. The van der Waals surface area contributed by atoms with E-state index in [0.717, 1.165) is 122 Å². The minimum Gasteiger partial charge on any atom is -0.477 e. The molecule has 0 aromatic carbocycles. The first-order valence-corrected chi connectivity index (χ1v) is 36.6. The van der Waals surface area contributed by atoms with Crippen LogP contribution in [-0.2, 0) is 33.3 Å². The van der Waals surface area contributed by atoms with Crippen LogP contribution in [0.2, 0.25) is 0 Å². The molecule has 1 N–H and O–H groups in total. The Bertz CT molecular complexity index is 2060. The van der Waals surface area contributed by atoms with Crippen LogP contribution in [0.3, 0.4) is 0 Å². The third-order valence-electron chi connectivity index (χ3n) is 15.3. The van der Waals surface area contributed by atoms with E-state index in [0.29, 0.717) is 23.9 Å². The van der Waals surface area contributed by atoms with Crippen LogP contribution >= 0.6 is 0 Å². The average Bonchev–Trinajstić information content (AvgIpc) is 3.50. The Morgan fingerprint density at radius 3 is 0.879 bits per heavy atom. The molecule has 9 nitrogen and oxygen atoms in total. The number of hydrogen-bond acceptors (Lipinski definition) is 7. The molecule has 2 atom stereocenters. The van der Waals surface area contributed by atoms with Gasteiger partial charge >= 0.3 is 17.9 Å². The van der Waals surface area contributed by atoms with Gasteiger partial charge in [-0.2, -0.15) is 0 Å². The van der Waals surface area contributed by atoms with Crippen LogP contribution in [-0.4, -0.2) is 87.4 Å². The predicted octanol–water partition coefficient (Wildman–Crippen LogP) is 23.2. The highest BCUT2D eigenvalue weighted by atomic mass is 16.7. The fourth-order valence-corrected chi connectivity index (χ4v) is 9.76. The zero-order chi connectivity index (χ0) is 66.1. The minimum absolute atomic E-state index is 0.181. The van der Waals surface area contributed by atoms with Crippen LogP contribution in [0.15, 0.2) is 158 Å². The third-order valence-corrected chi connectivity index (χ3v) is 15.3. The second kappa shape index (κ2) is 70.8. The maximum absolute atomic E-state index is 13.0. The number of esters is 2. The van der Waals surface area contributed by atoms with E-state index in [2.05, 4.69) is 172 Å². The summed E-state index contributed by atoms with van der Waals surface area (Å²) in [4.78, 5) is 37.7. The molecule has 0 saturated carbocycles. The van der Waals surface area contributed by atoms with Crippen LogP contribution in [0.25, 0.3) is 0 Å². The molecule has 91 heavy (non-hydrogen) atoms. The number of unbranched alkanes of at least 4 members (excludes halogenated alkanes) is 25. The number of carbonyl (C=O) groups is 3. The molecule has 0 bridgehead atoms. The Balaban J connectivity index is 4.13. The van der Waals surface area contributed by atoms with Crippen molar-refractivity contribution in [1.29, 1.82) is 0 Å². The molecule has 0 aromatic rings. The molecule has 2 unspecified atom stereocenters. The number of carboxylic acid groups (broad SMARTS) is 1. The Kier molecular flexibility index (Phi) is 66.8. The summed E-state index contributed by atoms with van der Waals surface area (Å²) in [6.07, 6.45) is 102. The zero-order valence-electron chi connectivity index (χ0n) is 58.9. The molecule has 0 aliphatic carbocycles. The summed E-state index contributed by atoms with van der Waals surface area (Å²) < 4.78 is 23.0. The molecule has 0 fully saturated rings. The van der Waals surface area contributed by atoms with E-state index in [1.54, 1.807) is 0 Å². The lowest BCUT2D eigenvalue weighted by Gasteiger charge is -2.25. The van der Waals surface area contributed by atoms with Gasteiger partial charge in [-0.3, -0.25) is 9.59 Å². The number of quaternary nitrogens is 1. The van der Waals surface area contributed by atoms with Crippen LogP contribution in [0.5, 0.6) is 0 Å². The van der Waals surface area contributed by atoms with Crippen molar-refractivity contribution in [1.82, 2.24) is 0 Å². The molecule has 0 aromatic heterocycles. The molecule has 0 amide bonds.